The molecule has 1 heterocycles. The lowest BCUT2D eigenvalue weighted by Gasteiger charge is -2.07. The molecule has 0 spiro atoms. The van der Waals surface area contributed by atoms with Crippen molar-refractivity contribution in [2.24, 2.45) is 5.92 Å². The van der Waals surface area contributed by atoms with Gasteiger partial charge in [-0.05, 0) is 40.8 Å². The molecule has 3 rings (SSSR count). The maximum atomic E-state index is 13.6. The van der Waals surface area contributed by atoms with Gasteiger partial charge in [-0.15, -0.1) is 0 Å². The third-order valence-electron chi connectivity index (χ3n) is 3.22. The minimum atomic E-state index is -0.882. The Balaban J connectivity index is 2.03. The van der Waals surface area contributed by atoms with Gasteiger partial charge in [-0.3, -0.25) is 4.79 Å². The summed E-state index contributed by atoms with van der Waals surface area (Å²) >= 11 is 4.36. The van der Waals surface area contributed by atoms with Crippen molar-refractivity contribution in [2.45, 2.75) is 24.5 Å². The first kappa shape index (κ1) is 13.9. The first-order valence-corrected chi connectivity index (χ1v) is 8.02. The normalized spacial score (nSPS) is 14.9. The van der Waals surface area contributed by atoms with Crippen molar-refractivity contribution in [3.8, 4) is 0 Å². The molecule has 0 aliphatic heterocycles. The second-order valence-electron chi connectivity index (χ2n) is 4.89. The highest BCUT2D eigenvalue weighted by Crippen LogP contribution is 2.35. The number of halogens is 2. The van der Waals surface area contributed by atoms with Crippen LogP contribution in [0.4, 0.5) is 4.39 Å². The smallest absolute Gasteiger partial charge is 0.313 e. The molecule has 20 heavy (non-hydrogen) atoms. The van der Waals surface area contributed by atoms with Crippen molar-refractivity contribution in [3.63, 3.8) is 0 Å². The number of hydrogen-bond acceptors (Lipinski definition) is 3. The zero-order chi connectivity index (χ0) is 14.3. The average molecular weight is 359 g/mol. The molecule has 1 aliphatic carbocycles. The molecule has 1 aromatic carbocycles. The zero-order valence-corrected chi connectivity index (χ0v) is 12.9. The van der Waals surface area contributed by atoms with Crippen LogP contribution in [0.1, 0.15) is 12.8 Å². The number of thioether (sulfide) groups is 1. The van der Waals surface area contributed by atoms with Crippen LogP contribution in [0.2, 0.25) is 0 Å². The number of aliphatic carboxylic acids is 1. The number of nitrogens with zero attached hydrogens (tertiary/aromatic N) is 2. The Hall–Kier alpha value is -1.08. The van der Waals surface area contributed by atoms with Crippen LogP contribution >= 0.6 is 27.7 Å². The van der Waals surface area contributed by atoms with E-state index in [0.717, 1.165) is 12.1 Å². The lowest BCUT2D eigenvalue weighted by atomic mass is 10.3. The largest absolute Gasteiger partial charge is 0.481 e. The van der Waals surface area contributed by atoms with E-state index in [1.807, 2.05) is 4.57 Å². The maximum Gasteiger partial charge on any atom is 0.313 e. The average Bonchev–Trinajstić information content (AvgIpc) is 3.14. The quantitative estimate of drug-likeness (QED) is 0.830. The summed E-state index contributed by atoms with van der Waals surface area (Å²) in [7, 11) is 0. The molecular formula is C13H12BrFN2O2S. The molecule has 106 valence electrons. The Kier molecular flexibility index (Phi) is 3.72. The van der Waals surface area contributed by atoms with E-state index in [2.05, 4.69) is 20.9 Å². The number of rotatable bonds is 5. The summed E-state index contributed by atoms with van der Waals surface area (Å²) in [6.45, 7) is 0.816. The van der Waals surface area contributed by atoms with Crippen molar-refractivity contribution < 1.29 is 14.3 Å². The van der Waals surface area contributed by atoms with Crippen LogP contribution in [0.3, 0.4) is 0 Å². The van der Waals surface area contributed by atoms with E-state index < -0.39 is 5.97 Å². The number of carboxylic acid groups (broad SMARTS) is 1. The van der Waals surface area contributed by atoms with Gasteiger partial charge in [-0.1, -0.05) is 11.8 Å². The van der Waals surface area contributed by atoms with E-state index in [0.29, 0.717) is 21.1 Å². The molecular weight excluding hydrogens is 347 g/mol. The zero-order valence-electron chi connectivity index (χ0n) is 10.5. The Morgan fingerprint density at radius 3 is 2.95 bits per heavy atom. The number of fused-ring (bicyclic) bond motifs is 1. The van der Waals surface area contributed by atoms with Crippen molar-refractivity contribution in [1.82, 2.24) is 9.55 Å². The molecule has 7 heteroatoms. The van der Waals surface area contributed by atoms with Crippen molar-refractivity contribution in [3.05, 3.63) is 22.4 Å². The fraction of sp³-hybridized carbons (Fsp3) is 0.385. The predicted molar refractivity (Wildman–Crippen MR) is 78.5 cm³/mol. The summed E-state index contributed by atoms with van der Waals surface area (Å²) in [5, 5.41) is 9.44. The van der Waals surface area contributed by atoms with Crippen LogP contribution in [-0.4, -0.2) is 26.4 Å². The number of imidazole rings is 1. The van der Waals surface area contributed by atoms with Crippen LogP contribution in [0.5, 0.6) is 0 Å². The minimum Gasteiger partial charge on any atom is -0.481 e. The van der Waals surface area contributed by atoms with Gasteiger partial charge in [0, 0.05) is 12.6 Å². The van der Waals surface area contributed by atoms with Gasteiger partial charge in [0.15, 0.2) is 5.16 Å². The minimum absolute atomic E-state index is 0.0440. The second kappa shape index (κ2) is 5.37. The van der Waals surface area contributed by atoms with Gasteiger partial charge >= 0.3 is 5.97 Å². The van der Waals surface area contributed by atoms with Crippen LogP contribution in [0.25, 0.3) is 11.0 Å². The number of hydrogen-bond donors (Lipinski definition) is 1. The summed E-state index contributed by atoms with van der Waals surface area (Å²) in [4.78, 5) is 15.1. The molecule has 0 radical (unpaired) electrons. The molecule has 0 amide bonds. The predicted octanol–water partition coefficient (Wildman–Crippen LogP) is 3.52. The summed E-state index contributed by atoms with van der Waals surface area (Å²) in [5.41, 5.74) is 1.41. The first-order chi connectivity index (χ1) is 9.54. The summed E-state index contributed by atoms with van der Waals surface area (Å²) in [6, 6.07) is 3.10. The van der Waals surface area contributed by atoms with Gasteiger partial charge in [0.25, 0.3) is 0 Å². The van der Waals surface area contributed by atoms with Crippen molar-refractivity contribution >= 4 is 44.7 Å². The van der Waals surface area contributed by atoms with E-state index >= 15 is 0 Å². The van der Waals surface area contributed by atoms with Crippen LogP contribution in [-0.2, 0) is 11.3 Å². The van der Waals surface area contributed by atoms with Crippen molar-refractivity contribution in [1.29, 1.82) is 0 Å². The highest BCUT2D eigenvalue weighted by Gasteiger charge is 2.25. The molecule has 4 nitrogen and oxygen atoms in total. The third kappa shape index (κ3) is 2.83. The Morgan fingerprint density at radius 1 is 1.55 bits per heavy atom. The van der Waals surface area contributed by atoms with Gasteiger partial charge in [-0.25, -0.2) is 9.37 Å². The molecule has 1 aliphatic rings. The third-order valence-corrected chi connectivity index (χ3v) is 4.79. The molecule has 1 saturated carbocycles. The highest BCUT2D eigenvalue weighted by atomic mass is 79.9. The summed E-state index contributed by atoms with van der Waals surface area (Å²) < 4.78 is 16.0. The molecule has 0 atom stereocenters. The first-order valence-electron chi connectivity index (χ1n) is 6.24. The van der Waals surface area contributed by atoms with Crippen LogP contribution in [0, 0.1) is 11.7 Å². The molecule has 1 aromatic heterocycles. The maximum absolute atomic E-state index is 13.6. The molecule has 0 saturated heterocycles. The van der Waals surface area contributed by atoms with E-state index in [4.69, 9.17) is 5.11 Å². The number of benzene rings is 1. The van der Waals surface area contributed by atoms with E-state index in [1.54, 1.807) is 6.07 Å². The van der Waals surface area contributed by atoms with E-state index in [9.17, 15) is 9.18 Å². The standard InChI is InChI=1S/C13H12BrFN2O2S/c14-8-3-11-10(4-9(8)15)16-13(20-6-12(18)19)17(11)5-7-1-2-7/h3-4,7H,1-2,5-6H2,(H,18,19). The Morgan fingerprint density at radius 2 is 2.30 bits per heavy atom. The number of carboxylic acids is 1. The second-order valence-corrected chi connectivity index (χ2v) is 6.68. The molecule has 1 N–H and O–H groups in total. The van der Waals surface area contributed by atoms with Gasteiger partial charge in [-0.2, -0.15) is 0 Å². The number of carbonyl (C=O) groups is 1. The van der Waals surface area contributed by atoms with E-state index in [-0.39, 0.29) is 11.6 Å². The lowest BCUT2D eigenvalue weighted by molar-refractivity contribution is -0.133. The topological polar surface area (TPSA) is 55.1 Å². The van der Waals surface area contributed by atoms with Crippen molar-refractivity contribution in [2.75, 3.05) is 5.75 Å². The van der Waals surface area contributed by atoms with E-state index in [1.165, 1.54) is 30.7 Å². The van der Waals surface area contributed by atoms with Gasteiger partial charge in [0.05, 0.1) is 21.3 Å². The molecule has 0 bridgehead atoms. The fourth-order valence-corrected chi connectivity index (χ4v) is 3.15. The van der Waals surface area contributed by atoms with Crippen LogP contribution < -0.4 is 0 Å². The Bertz CT molecular complexity index is 685. The fourth-order valence-electron chi connectivity index (χ4n) is 2.07. The monoisotopic (exact) mass is 358 g/mol. The number of aromatic nitrogens is 2. The van der Waals surface area contributed by atoms with Crippen LogP contribution in [0.15, 0.2) is 21.8 Å². The van der Waals surface area contributed by atoms with Gasteiger partial charge in [0.2, 0.25) is 0 Å². The lowest BCUT2D eigenvalue weighted by Crippen LogP contribution is -2.04. The van der Waals surface area contributed by atoms with Gasteiger partial charge < -0.3 is 9.67 Å². The Labute approximate surface area is 127 Å². The highest BCUT2D eigenvalue weighted by molar-refractivity contribution is 9.10. The molecule has 2 aromatic rings. The SMILES string of the molecule is O=C(O)CSc1nc2cc(F)c(Br)cc2n1CC1CC1. The molecule has 0 unspecified atom stereocenters. The summed E-state index contributed by atoms with van der Waals surface area (Å²) in [5.74, 6) is -0.659. The molecule has 1 fully saturated rings. The van der Waals surface area contributed by atoms with Gasteiger partial charge in [0.1, 0.15) is 5.82 Å². The summed E-state index contributed by atoms with van der Waals surface area (Å²) in [6.07, 6.45) is 2.37.